The monoisotopic (exact) mass is 390 g/mol. The largest absolute Gasteiger partial charge is 0.380 e. The number of nitrogens with one attached hydrogen (secondary N) is 3. The highest BCUT2D eigenvalue weighted by molar-refractivity contribution is 5.94. The third-order valence-electron chi connectivity index (χ3n) is 4.48. The summed E-state index contributed by atoms with van der Waals surface area (Å²) < 4.78 is 11.0. The van der Waals surface area contributed by atoms with Crippen LogP contribution in [-0.4, -0.2) is 51.4 Å². The highest BCUT2D eigenvalue weighted by Crippen LogP contribution is 2.16. The predicted molar refractivity (Wildman–Crippen MR) is 113 cm³/mol. The lowest BCUT2D eigenvalue weighted by Crippen LogP contribution is -2.38. The number of carbonyl (C=O) groups is 1. The molecule has 3 N–H and O–H groups in total. The van der Waals surface area contributed by atoms with E-state index in [1.54, 1.807) is 7.05 Å². The number of aliphatic imine (C=N–C) groups is 1. The Morgan fingerprint density at radius 3 is 2.89 bits per heavy atom. The Morgan fingerprint density at radius 1 is 1.32 bits per heavy atom. The molecule has 0 radical (unpaired) electrons. The van der Waals surface area contributed by atoms with Crippen LogP contribution in [0.3, 0.4) is 0 Å². The molecule has 1 unspecified atom stereocenters. The van der Waals surface area contributed by atoms with Gasteiger partial charge < -0.3 is 25.4 Å². The van der Waals surface area contributed by atoms with Gasteiger partial charge in [-0.25, -0.2) is 0 Å². The fourth-order valence-corrected chi connectivity index (χ4v) is 2.84. The van der Waals surface area contributed by atoms with Crippen LogP contribution in [0, 0.1) is 5.92 Å². The van der Waals surface area contributed by atoms with Crippen LogP contribution in [-0.2, 0) is 20.8 Å². The first-order valence-corrected chi connectivity index (χ1v) is 10.1. The number of hydrogen-bond donors (Lipinski definition) is 3. The first kappa shape index (κ1) is 22.2. The van der Waals surface area contributed by atoms with Crippen molar-refractivity contribution in [3.63, 3.8) is 0 Å². The van der Waals surface area contributed by atoms with Crippen molar-refractivity contribution in [1.29, 1.82) is 0 Å². The van der Waals surface area contributed by atoms with E-state index < -0.39 is 0 Å². The van der Waals surface area contributed by atoms with Crippen LogP contribution in [0.4, 0.5) is 5.69 Å². The highest BCUT2D eigenvalue weighted by Gasteiger charge is 2.23. The number of guanidine groups is 1. The average molecular weight is 391 g/mol. The van der Waals surface area contributed by atoms with Crippen LogP contribution in [0.5, 0.6) is 0 Å². The number of rotatable bonds is 10. The van der Waals surface area contributed by atoms with Crippen molar-refractivity contribution in [2.45, 2.75) is 45.8 Å². The second-order valence-electron chi connectivity index (χ2n) is 7.34. The Balaban J connectivity index is 1.71. The molecule has 28 heavy (non-hydrogen) atoms. The summed E-state index contributed by atoms with van der Waals surface area (Å²) in [7, 11) is 1.74. The maximum Gasteiger partial charge on any atom is 0.253 e. The summed E-state index contributed by atoms with van der Waals surface area (Å²) in [6.45, 7) is 7.80. The quantitative estimate of drug-likeness (QED) is 0.325. The molecule has 0 aliphatic carbocycles. The van der Waals surface area contributed by atoms with Gasteiger partial charge in [0.2, 0.25) is 0 Å². The van der Waals surface area contributed by atoms with Crippen LogP contribution >= 0.6 is 0 Å². The van der Waals surface area contributed by atoms with Gasteiger partial charge in [-0.2, -0.15) is 0 Å². The molecular formula is C21H34N4O3. The fourth-order valence-electron chi connectivity index (χ4n) is 2.84. The van der Waals surface area contributed by atoms with Gasteiger partial charge in [0, 0.05) is 39.0 Å². The van der Waals surface area contributed by atoms with Gasteiger partial charge in [0.15, 0.2) is 5.96 Å². The number of anilines is 1. The number of ether oxygens (including phenoxy) is 2. The summed E-state index contributed by atoms with van der Waals surface area (Å²) in [4.78, 5) is 16.4. The first-order chi connectivity index (χ1) is 13.6. The van der Waals surface area contributed by atoms with Crippen molar-refractivity contribution in [3.8, 4) is 0 Å². The lowest BCUT2D eigenvalue weighted by molar-refractivity contribution is -0.124. The van der Waals surface area contributed by atoms with Crippen LogP contribution < -0.4 is 16.0 Å². The molecule has 1 aromatic carbocycles. The normalized spacial score (nSPS) is 17.0. The lowest BCUT2D eigenvalue weighted by Gasteiger charge is -2.14. The van der Waals surface area contributed by atoms with Gasteiger partial charge in [-0.1, -0.05) is 26.0 Å². The van der Waals surface area contributed by atoms with Gasteiger partial charge in [-0.3, -0.25) is 9.79 Å². The van der Waals surface area contributed by atoms with E-state index in [9.17, 15) is 4.79 Å². The van der Waals surface area contributed by atoms with E-state index in [2.05, 4.69) is 34.8 Å². The molecule has 0 aromatic heterocycles. The second-order valence-corrected chi connectivity index (χ2v) is 7.34. The summed E-state index contributed by atoms with van der Waals surface area (Å²) >= 11 is 0. The summed E-state index contributed by atoms with van der Waals surface area (Å²) in [6, 6.07) is 7.79. The van der Waals surface area contributed by atoms with Gasteiger partial charge in [-0.05, 0) is 42.9 Å². The Hall–Kier alpha value is -2.12. The Bertz CT molecular complexity index is 628. The average Bonchev–Trinajstić information content (AvgIpc) is 3.22. The number of hydrogen-bond acceptors (Lipinski definition) is 4. The fraction of sp³-hybridized carbons (Fsp3) is 0.619. The van der Waals surface area contributed by atoms with Gasteiger partial charge in [0.05, 0.1) is 6.61 Å². The van der Waals surface area contributed by atoms with Gasteiger partial charge in [0.1, 0.15) is 6.10 Å². The molecule has 1 heterocycles. The summed E-state index contributed by atoms with van der Waals surface area (Å²) in [5, 5.41) is 9.45. The van der Waals surface area contributed by atoms with Crippen molar-refractivity contribution < 1.29 is 14.3 Å². The lowest BCUT2D eigenvalue weighted by atomic mass is 10.1. The van der Waals surface area contributed by atoms with Crippen molar-refractivity contribution in [1.82, 2.24) is 10.6 Å². The molecule has 1 aliphatic heterocycles. The minimum atomic E-state index is -0.326. The molecule has 1 fully saturated rings. The molecule has 1 aliphatic rings. The number of nitrogens with zero attached hydrogens (tertiary/aromatic N) is 1. The summed E-state index contributed by atoms with van der Waals surface area (Å²) in [5.74, 6) is 1.31. The van der Waals surface area contributed by atoms with E-state index in [0.717, 1.165) is 43.1 Å². The van der Waals surface area contributed by atoms with Crippen LogP contribution in [0.15, 0.2) is 29.3 Å². The van der Waals surface area contributed by atoms with E-state index in [-0.39, 0.29) is 12.0 Å². The SMILES string of the molecule is CN=C(NCCOCCC(C)C)NCc1cccc(NC(=O)C2CCCO2)c1. The van der Waals surface area contributed by atoms with Gasteiger partial charge in [0.25, 0.3) is 5.91 Å². The standard InChI is InChI=1S/C21H34N4O3/c1-16(2)9-12-27-13-10-23-21(22-3)24-15-17-6-4-7-18(14-17)25-20(26)19-8-5-11-28-19/h4,6-7,14,16,19H,5,8-13,15H2,1-3H3,(H,25,26)(H2,22,23,24). The van der Waals surface area contributed by atoms with E-state index in [4.69, 9.17) is 9.47 Å². The molecule has 0 bridgehead atoms. The molecule has 2 rings (SSSR count). The van der Waals surface area contributed by atoms with Crippen LogP contribution in [0.2, 0.25) is 0 Å². The maximum absolute atomic E-state index is 12.2. The van der Waals surface area contributed by atoms with E-state index in [0.29, 0.717) is 32.2 Å². The minimum Gasteiger partial charge on any atom is -0.380 e. The number of amides is 1. The molecule has 1 aromatic rings. The second kappa shape index (κ2) is 12.4. The van der Waals surface area contributed by atoms with Gasteiger partial charge in [-0.15, -0.1) is 0 Å². The zero-order chi connectivity index (χ0) is 20.2. The van der Waals surface area contributed by atoms with Crippen molar-refractivity contribution in [2.75, 3.05) is 38.7 Å². The third kappa shape index (κ3) is 8.27. The third-order valence-corrected chi connectivity index (χ3v) is 4.48. The molecule has 1 amide bonds. The molecule has 7 nitrogen and oxygen atoms in total. The zero-order valence-electron chi connectivity index (χ0n) is 17.3. The topological polar surface area (TPSA) is 84.0 Å². The number of carbonyl (C=O) groups excluding carboxylic acids is 1. The Morgan fingerprint density at radius 2 is 2.18 bits per heavy atom. The van der Waals surface area contributed by atoms with Crippen LogP contribution in [0.25, 0.3) is 0 Å². The summed E-state index contributed by atoms with van der Waals surface area (Å²) in [6.07, 6.45) is 2.48. The molecule has 1 atom stereocenters. The van der Waals surface area contributed by atoms with E-state index >= 15 is 0 Å². The van der Waals surface area contributed by atoms with Crippen molar-refractivity contribution >= 4 is 17.6 Å². The molecule has 1 saturated heterocycles. The van der Waals surface area contributed by atoms with E-state index in [1.165, 1.54) is 0 Å². The van der Waals surface area contributed by atoms with E-state index in [1.807, 2.05) is 24.3 Å². The zero-order valence-corrected chi connectivity index (χ0v) is 17.3. The van der Waals surface area contributed by atoms with Crippen molar-refractivity contribution in [3.05, 3.63) is 29.8 Å². The molecular weight excluding hydrogens is 356 g/mol. The molecule has 0 saturated carbocycles. The Labute approximate surface area is 168 Å². The first-order valence-electron chi connectivity index (χ1n) is 10.1. The maximum atomic E-state index is 12.2. The highest BCUT2D eigenvalue weighted by atomic mass is 16.5. The molecule has 156 valence electrons. The minimum absolute atomic E-state index is 0.0717. The van der Waals surface area contributed by atoms with Gasteiger partial charge >= 0.3 is 0 Å². The smallest absolute Gasteiger partial charge is 0.253 e. The van der Waals surface area contributed by atoms with Crippen molar-refractivity contribution in [2.24, 2.45) is 10.9 Å². The number of benzene rings is 1. The predicted octanol–water partition coefficient (Wildman–Crippen LogP) is 2.53. The van der Waals surface area contributed by atoms with Crippen LogP contribution in [0.1, 0.15) is 38.7 Å². The molecule has 7 heteroatoms. The summed E-state index contributed by atoms with van der Waals surface area (Å²) in [5.41, 5.74) is 1.84. The molecule has 0 spiro atoms. The Kier molecular flexibility index (Phi) is 9.79.